The van der Waals surface area contributed by atoms with Crippen LogP contribution in [-0.2, 0) is 9.57 Å². The molecule has 1 aromatic carbocycles. The Labute approximate surface area is 115 Å². The maximum atomic E-state index is 6.15. The zero-order valence-electron chi connectivity index (χ0n) is 9.58. The van der Waals surface area contributed by atoms with Gasteiger partial charge in [0, 0.05) is 12.8 Å². The summed E-state index contributed by atoms with van der Waals surface area (Å²) in [4.78, 5) is 10.2. The SMILES string of the molecule is Clc1cccc(Cl)c1C1=NC2(CCOCC2)ON1. The number of nitrogens with one attached hydrogen (secondary N) is 1. The third kappa shape index (κ3) is 2.10. The predicted octanol–water partition coefficient (Wildman–Crippen LogP) is 2.78. The molecule has 0 atom stereocenters. The summed E-state index contributed by atoms with van der Waals surface area (Å²) >= 11 is 12.3. The van der Waals surface area contributed by atoms with E-state index in [-0.39, 0.29) is 0 Å². The Balaban J connectivity index is 1.96. The van der Waals surface area contributed by atoms with Crippen molar-refractivity contribution in [2.75, 3.05) is 13.2 Å². The van der Waals surface area contributed by atoms with Crippen molar-refractivity contribution in [1.29, 1.82) is 0 Å². The molecule has 1 fully saturated rings. The molecule has 0 radical (unpaired) electrons. The zero-order valence-corrected chi connectivity index (χ0v) is 11.1. The molecule has 0 bridgehead atoms. The Bertz CT molecular complexity index is 479. The maximum absolute atomic E-state index is 6.15. The third-order valence-electron chi connectivity index (χ3n) is 3.13. The van der Waals surface area contributed by atoms with Crippen LogP contribution in [0.1, 0.15) is 18.4 Å². The fraction of sp³-hybridized carbons (Fsp3) is 0.417. The van der Waals surface area contributed by atoms with Gasteiger partial charge in [-0.15, -0.1) is 0 Å². The second-order valence-corrected chi connectivity index (χ2v) is 5.13. The Hall–Kier alpha value is -0.810. The van der Waals surface area contributed by atoms with Gasteiger partial charge in [0.1, 0.15) is 0 Å². The van der Waals surface area contributed by atoms with E-state index in [0.29, 0.717) is 34.7 Å². The molecule has 4 nitrogen and oxygen atoms in total. The minimum atomic E-state index is -0.532. The molecule has 0 amide bonds. The van der Waals surface area contributed by atoms with Gasteiger partial charge in [0.05, 0.1) is 28.8 Å². The van der Waals surface area contributed by atoms with Crippen LogP contribution in [0.2, 0.25) is 10.0 Å². The lowest BCUT2D eigenvalue weighted by atomic mass is 10.1. The van der Waals surface area contributed by atoms with Crippen molar-refractivity contribution in [3.05, 3.63) is 33.8 Å². The quantitative estimate of drug-likeness (QED) is 0.863. The van der Waals surface area contributed by atoms with Gasteiger partial charge >= 0.3 is 0 Å². The fourth-order valence-corrected chi connectivity index (χ4v) is 2.70. The number of ether oxygens (including phenoxy) is 1. The smallest absolute Gasteiger partial charge is 0.191 e. The van der Waals surface area contributed by atoms with E-state index in [4.69, 9.17) is 32.8 Å². The summed E-state index contributed by atoms with van der Waals surface area (Å²) in [6.45, 7) is 1.30. The normalized spacial score (nSPS) is 21.8. The second-order valence-electron chi connectivity index (χ2n) is 4.32. The Kier molecular flexibility index (Phi) is 3.20. The molecule has 0 saturated carbocycles. The van der Waals surface area contributed by atoms with E-state index in [0.717, 1.165) is 12.8 Å². The van der Waals surface area contributed by atoms with Crippen molar-refractivity contribution in [3.8, 4) is 0 Å². The van der Waals surface area contributed by atoms with Crippen LogP contribution in [-0.4, -0.2) is 24.8 Å². The molecular formula is C12H12Cl2N2O2. The number of amidine groups is 1. The molecule has 0 unspecified atom stereocenters. The van der Waals surface area contributed by atoms with Crippen LogP contribution in [0, 0.1) is 0 Å². The van der Waals surface area contributed by atoms with Crippen LogP contribution in [0.5, 0.6) is 0 Å². The van der Waals surface area contributed by atoms with Crippen LogP contribution in [0.25, 0.3) is 0 Å². The minimum absolute atomic E-state index is 0.532. The second kappa shape index (κ2) is 4.70. The highest BCUT2D eigenvalue weighted by Gasteiger charge is 2.39. The van der Waals surface area contributed by atoms with E-state index in [1.165, 1.54) is 0 Å². The van der Waals surface area contributed by atoms with E-state index in [2.05, 4.69) is 10.5 Å². The van der Waals surface area contributed by atoms with Crippen LogP contribution >= 0.6 is 23.2 Å². The summed E-state index contributed by atoms with van der Waals surface area (Å²) < 4.78 is 5.32. The molecule has 0 aliphatic carbocycles. The van der Waals surface area contributed by atoms with Crippen molar-refractivity contribution in [1.82, 2.24) is 5.48 Å². The molecule has 2 aliphatic heterocycles. The standard InChI is InChI=1S/C12H12Cl2N2O2/c13-8-2-1-3-9(14)10(8)11-15-12(18-16-11)4-6-17-7-5-12/h1-3H,4-7H2,(H,15,16). The number of nitrogens with zero attached hydrogens (tertiary/aromatic N) is 1. The van der Waals surface area contributed by atoms with E-state index in [9.17, 15) is 0 Å². The monoisotopic (exact) mass is 286 g/mol. The summed E-state index contributed by atoms with van der Waals surface area (Å²) in [5, 5.41) is 1.11. The number of aliphatic imine (C=N–C) groups is 1. The molecule has 2 heterocycles. The first-order valence-corrected chi connectivity index (χ1v) is 6.52. The van der Waals surface area contributed by atoms with Crippen molar-refractivity contribution in [2.24, 2.45) is 4.99 Å². The number of halogens is 2. The molecule has 0 aromatic heterocycles. The van der Waals surface area contributed by atoms with Crippen LogP contribution in [0.4, 0.5) is 0 Å². The van der Waals surface area contributed by atoms with E-state index >= 15 is 0 Å². The van der Waals surface area contributed by atoms with Gasteiger partial charge in [-0.1, -0.05) is 29.3 Å². The Morgan fingerprint density at radius 1 is 1.17 bits per heavy atom. The van der Waals surface area contributed by atoms with Gasteiger partial charge in [0.2, 0.25) is 0 Å². The van der Waals surface area contributed by atoms with Crippen molar-refractivity contribution in [3.63, 3.8) is 0 Å². The molecule has 6 heteroatoms. The van der Waals surface area contributed by atoms with Crippen LogP contribution in [0.3, 0.4) is 0 Å². The molecule has 1 saturated heterocycles. The van der Waals surface area contributed by atoms with Gasteiger partial charge < -0.3 is 4.74 Å². The van der Waals surface area contributed by atoms with Crippen LogP contribution < -0.4 is 5.48 Å². The minimum Gasteiger partial charge on any atom is -0.381 e. The number of hydrogen-bond donors (Lipinski definition) is 1. The summed E-state index contributed by atoms with van der Waals surface area (Å²) in [7, 11) is 0. The molecule has 1 N–H and O–H groups in total. The molecular weight excluding hydrogens is 275 g/mol. The van der Waals surface area contributed by atoms with E-state index in [1.807, 2.05) is 0 Å². The number of benzene rings is 1. The highest BCUT2D eigenvalue weighted by molar-refractivity contribution is 6.40. The molecule has 3 rings (SSSR count). The lowest BCUT2D eigenvalue weighted by molar-refractivity contribution is -0.114. The molecule has 96 valence electrons. The number of hydrogen-bond acceptors (Lipinski definition) is 4. The number of rotatable bonds is 1. The topological polar surface area (TPSA) is 42.9 Å². The summed E-state index contributed by atoms with van der Waals surface area (Å²) in [6, 6.07) is 5.36. The summed E-state index contributed by atoms with van der Waals surface area (Å²) in [5.41, 5.74) is 2.99. The lowest BCUT2D eigenvalue weighted by Gasteiger charge is -2.27. The summed E-state index contributed by atoms with van der Waals surface area (Å²) in [5.74, 6) is 0.590. The first-order chi connectivity index (χ1) is 8.70. The lowest BCUT2D eigenvalue weighted by Crippen LogP contribution is -2.36. The van der Waals surface area contributed by atoms with E-state index < -0.39 is 5.72 Å². The highest BCUT2D eigenvalue weighted by Crippen LogP contribution is 2.33. The van der Waals surface area contributed by atoms with Crippen molar-refractivity contribution in [2.45, 2.75) is 18.6 Å². The van der Waals surface area contributed by atoms with Crippen molar-refractivity contribution < 1.29 is 9.57 Å². The van der Waals surface area contributed by atoms with Crippen LogP contribution in [0.15, 0.2) is 23.2 Å². The average molecular weight is 287 g/mol. The van der Waals surface area contributed by atoms with E-state index in [1.54, 1.807) is 18.2 Å². The van der Waals surface area contributed by atoms with Gasteiger partial charge in [0.25, 0.3) is 0 Å². The van der Waals surface area contributed by atoms with Crippen molar-refractivity contribution >= 4 is 29.0 Å². The van der Waals surface area contributed by atoms with Gasteiger partial charge in [-0.25, -0.2) is 15.3 Å². The largest absolute Gasteiger partial charge is 0.381 e. The van der Waals surface area contributed by atoms with Gasteiger partial charge in [0.15, 0.2) is 11.6 Å². The average Bonchev–Trinajstić information content (AvgIpc) is 2.74. The maximum Gasteiger partial charge on any atom is 0.191 e. The molecule has 1 spiro atoms. The van der Waals surface area contributed by atoms with Gasteiger partial charge in [-0.2, -0.15) is 0 Å². The Morgan fingerprint density at radius 3 is 2.50 bits per heavy atom. The molecule has 2 aliphatic rings. The molecule has 1 aromatic rings. The predicted molar refractivity (Wildman–Crippen MR) is 70.0 cm³/mol. The zero-order chi connectivity index (χ0) is 12.6. The first-order valence-electron chi connectivity index (χ1n) is 5.76. The molecule has 18 heavy (non-hydrogen) atoms. The fourth-order valence-electron chi connectivity index (χ4n) is 2.13. The van der Waals surface area contributed by atoms with Gasteiger partial charge in [-0.05, 0) is 12.1 Å². The summed E-state index contributed by atoms with van der Waals surface area (Å²) in [6.07, 6.45) is 1.46. The highest BCUT2D eigenvalue weighted by atomic mass is 35.5. The number of hydroxylamine groups is 1. The van der Waals surface area contributed by atoms with Gasteiger partial charge in [-0.3, -0.25) is 0 Å². The Morgan fingerprint density at radius 2 is 1.83 bits per heavy atom. The third-order valence-corrected chi connectivity index (χ3v) is 3.76. The first kappa shape index (κ1) is 12.2.